The maximum absolute atomic E-state index is 12.1. The van der Waals surface area contributed by atoms with E-state index in [1.165, 1.54) is 5.56 Å². The summed E-state index contributed by atoms with van der Waals surface area (Å²) in [5.41, 5.74) is 8.05. The second kappa shape index (κ2) is 5.72. The molecule has 1 fully saturated rings. The minimum atomic E-state index is -0.460. The molecule has 1 aliphatic heterocycles. The van der Waals surface area contributed by atoms with Crippen molar-refractivity contribution in [2.24, 2.45) is 5.73 Å². The molecule has 3 atom stereocenters. The molecule has 4 nitrogen and oxygen atoms in total. The maximum atomic E-state index is 12.1. The van der Waals surface area contributed by atoms with Gasteiger partial charge in [-0.05, 0) is 31.9 Å². The lowest BCUT2D eigenvalue weighted by atomic mass is 10.0. The van der Waals surface area contributed by atoms with Crippen molar-refractivity contribution in [2.75, 3.05) is 13.2 Å². The number of carbonyl (C=O) groups is 1. The number of carbonyl (C=O) groups excluding carboxylic acids is 1. The molecule has 0 bridgehead atoms. The van der Waals surface area contributed by atoms with Gasteiger partial charge in [-0.25, -0.2) is 0 Å². The van der Waals surface area contributed by atoms with Crippen molar-refractivity contribution in [1.82, 2.24) is 4.90 Å². The number of nitrogens with two attached hydrogens (primary N) is 1. The van der Waals surface area contributed by atoms with Gasteiger partial charge in [-0.3, -0.25) is 4.79 Å². The third-order valence-electron chi connectivity index (χ3n) is 3.64. The standard InChI is InChI=1S/C15H22N2O2/c1-10-6-4-5-7-13(10)14-8-17(11(2)9-19-14)15(18)12(3)16/h4-7,11-12,14H,8-9,16H2,1-3H3/t11?,12-,14?/m1/s1. The Morgan fingerprint density at radius 2 is 2.16 bits per heavy atom. The van der Waals surface area contributed by atoms with E-state index in [0.29, 0.717) is 13.2 Å². The third kappa shape index (κ3) is 2.96. The van der Waals surface area contributed by atoms with E-state index in [-0.39, 0.29) is 18.1 Å². The van der Waals surface area contributed by atoms with Gasteiger partial charge in [0.05, 0.1) is 25.2 Å². The highest BCUT2D eigenvalue weighted by Gasteiger charge is 2.32. The Kier molecular flexibility index (Phi) is 4.22. The molecule has 1 amide bonds. The molecule has 2 N–H and O–H groups in total. The lowest BCUT2D eigenvalue weighted by Crippen LogP contribution is -2.52. The summed E-state index contributed by atoms with van der Waals surface area (Å²) >= 11 is 0. The summed E-state index contributed by atoms with van der Waals surface area (Å²) < 4.78 is 5.88. The number of nitrogens with zero attached hydrogens (tertiary/aromatic N) is 1. The second-order valence-electron chi connectivity index (χ2n) is 5.31. The summed E-state index contributed by atoms with van der Waals surface area (Å²) in [5, 5.41) is 0. The first-order valence-corrected chi connectivity index (χ1v) is 6.74. The summed E-state index contributed by atoms with van der Waals surface area (Å²) in [6.45, 7) is 6.92. The highest BCUT2D eigenvalue weighted by Crippen LogP contribution is 2.27. The maximum Gasteiger partial charge on any atom is 0.239 e. The fourth-order valence-corrected chi connectivity index (χ4v) is 2.46. The zero-order chi connectivity index (χ0) is 14.0. The molecule has 104 valence electrons. The Morgan fingerprint density at radius 1 is 1.47 bits per heavy atom. The molecule has 1 saturated heterocycles. The normalized spacial score (nSPS) is 25.2. The zero-order valence-corrected chi connectivity index (χ0v) is 11.8. The van der Waals surface area contributed by atoms with Crippen molar-refractivity contribution < 1.29 is 9.53 Å². The molecule has 0 saturated carbocycles. The summed E-state index contributed by atoms with van der Waals surface area (Å²) in [5.74, 6) is -0.00520. The molecule has 1 aliphatic rings. The Bertz CT molecular complexity index is 459. The molecule has 2 unspecified atom stereocenters. The zero-order valence-electron chi connectivity index (χ0n) is 11.8. The van der Waals surface area contributed by atoms with Crippen molar-refractivity contribution >= 4 is 5.91 Å². The van der Waals surface area contributed by atoms with Crippen LogP contribution in [0.4, 0.5) is 0 Å². The molecule has 0 spiro atoms. The van der Waals surface area contributed by atoms with Crippen molar-refractivity contribution in [3.8, 4) is 0 Å². The van der Waals surface area contributed by atoms with Crippen LogP contribution in [0.3, 0.4) is 0 Å². The molecule has 1 aromatic carbocycles. The van der Waals surface area contributed by atoms with Gasteiger partial charge in [-0.2, -0.15) is 0 Å². The minimum absolute atomic E-state index is 0.00520. The van der Waals surface area contributed by atoms with Crippen LogP contribution in [0.5, 0.6) is 0 Å². The predicted octanol–water partition coefficient (Wildman–Crippen LogP) is 1.63. The summed E-state index contributed by atoms with van der Waals surface area (Å²) in [6.07, 6.45) is -0.0555. The van der Waals surface area contributed by atoms with Gasteiger partial charge in [0.2, 0.25) is 5.91 Å². The van der Waals surface area contributed by atoms with E-state index in [0.717, 1.165) is 5.56 Å². The van der Waals surface area contributed by atoms with Crippen molar-refractivity contribution in [2.45, 2.75) is 39.0 Å². The van der Waals surface area contributed by atoms with Crippen molar-refractivity contribution in [1.29, 1.82) is 0 Å². The molecule has 2 rings (SSSR count). The van der Waals surface area contributed by atoms with E-state index in [2.05, 4.69) is 19.1 Å². The monoisotopic (exact) mass is 262 g/mol. The number of aryl methyl sites for hydroxylation is 1. The van der Waals surface area contributed by atoms with Crippen LogP contribution in [0.1, 0.15) is 31.1 Å². The van der Waals surface area contributed by atoms with Gasteiger partial charge in [-0.1, -0.05) is 24.3 Å². The van der Waals surface area contributed by atoms with Gasteiger partial charge in [-0.15, -0.1) is 0 Å². The van der Waals surface area contributed by atoms with E-state index in [1.54, 1.807) is 6.92 Å². The molecule has 1 heterocycles. The summed E-state index contributed by atoms with van der Waals surface area (Å²) in [6, 6.07) is 7.76. The lowest BCUT2D eigenvalue weighted by molar-refractivity contribution is -0.145. The fraction of sp³-hybridized carbons (Fsp3) is 0.533. The van der Waals surface area contributed by atoms with Gasteiger partial charge < -0.3 is 15.4 Å². The largest absolute Gasteiger partial charge is 0.370 e. The molecule has 19 heavy (non-hydrogen) atoms. The molecule has 0 radical (unpaired) electrons. The Balaban J connectivity index is 2.18. The number of rotatable bonds is 2. The fourth-order valence-electron chi connectivity index (χ4n) is 2.46. The number of benzene rings is 1. The van der Waals surface area contributed by atoms with Crippen LogP contribution < -0.4 is 5.73 Å². The number of ether oxygens (including phenoxy) is 1. The second-order valence-corrected chi connectivity index (χ2v) is 5.31. The van der Waals surface area contributed by atoms with Gasteiger partial charge >= 0.3 is 0 Å². The van der Waals surface area contributed by atoms with E-state index >= 15 is 0 Å². The molecule has 0 aromatic heterocycles. The molecule has 0 aliphatic carbocycles. The number of morpholine rings is 1. The third-order valence-corrected chi connectivity index (χ3v) is 3.64. The Hall–Kier alpha value is -1.39. The smallest absolute Gasteiger partial charge is 0.239 e. The van der Waals surface area contributed by atoms with Crippen molar-refractivity contribution in [3.05, 3.63) is 35.4 Å². The highest BCUT2D eigenvalue weighted by atomic mass is 16.5. The quantitative estimate of drug-likeness (QED) is 0.881. The van der Waals surface area contributed by atoms with Crippen LogP contribution >= 0.6 is 0 Å². The summed E-state index contributed by atoms with van der Waals surface area (Å²) in [7, 11) is 0. The van der Waals surface area contributed by atoms with Gasteiger partial charge in [0.25, 0.3) is 0 Å². The molecular formula is C15H22N2O2. The van der Waals surface area contributed by atoms with Crippen LogP contribution in [0.25, 0.3) is 0 Å². The molecular weight excluding hydrogens is 240 g/mol. The van der Waals surface area contributed by atoms with E-state index in [9.17, 15) is 4.79 Å². The first kappa shape index (κ1) is 14.0. The SMILES string of the molecule is Cc1ccccc1C1CN(C(=O)[C@@H](C)N)C(C)CO1. The topological polar surface area (TPSA) is 55.6 Å². The van der Waals surface area contributed by atoms with Gasteiger partial charge in [0.15, 0.2) is 0 Å². The van der Waals surface area contributed by atoms with E-state index in [1.807, 2.05) is 24.0 Å². The van der Waals surface area contributed by atoms with Gasteiger partial charge in [0, 0.05) is 0 Å². The Morgan fingerprint density at radius 3 is 2.79 bits per heavy atom. The average Bonchev–Trinajstić information content (AvgIpc) is 2.39. The van der Waals surface area contributed by atoms with Crippen LogP contribution in [-0.2, 0) is 9.53 Å². The first-order valence-electron chi connectivity index (χ1n) is 6.74. The predicted molar refractivity (Wildman–Crippen MR) is 74.7 cm³/mol. The number of hydrogen-bond acceptors (Lipinski definition) is 3. The number of amides is 1. The lowest BCUT2D eigenvalue weighted by Gasteiger charge is -2.39. The van der Waals surface area contributed by atoms with Crippen LogP contribution in [0, 0.1) is 6.92 Å². The highest BCUT2D eigenvalue weighted by molar-refractivity contribution is 5.81. The average molecular weight is 262 g/mol. The van der Waals surface area contributed by atoms with Crippen LogP contribution in [-0.4, -0.2) is 36.0 Å². The first-order chi connectivity index (χ1) is 9.00. The van der Waals surface area contributed by atoms with E-state index < -0.39 is 6.04 Å². The molecule has 1 aromatic rings. The van der Waals surface area contributed by atoms with Gasteiger partial charge in [0.1, 0.15) is 6.10 Å². The van der Waals surface area contributed by atoms with E-state index in [4.69, 9.17) is 10.5 Å². The van der Waals surface area contributed by atoms with Crippen LogP contribution in [0.2, 0.25) is 0 Å². The Labute approximate surface area is 114 Å². The summed E-state index contributed by atoms with van der Waals surface area (Å²) in [4.78, 5) is 14.0. The minimum Gasteiger partial charge on any atom is -0.370 e. The van der Waals surface area contributed by atoms with Crippen LogP contribution in [0.15, 0.2) is 24.3 Å². The van der Waals surface area contributed by atoms with Crippen molar-refractivity contribution in [3.63, 3.8) is 0 Å². The number of hydrogen-bond donors (Lipinski definition) is 1. The molecule has 4 heteroatoms.